The lowest BCUT2D eigenvalue weighted by Crippen LogP contribution is -2.46. The van der Waals surface area contributed by atoms with E-state index in [1.165, 1.54) is 0 Å². The fraction of sp³-hybridized carbons (Fsp3) is 0.789. The number of hydrogen-bond acceptors (Lipinski definition) is 4. The summed E-state index contributed by atoms with van der Waals surface area (Å²) in [6.07, 6.45) is 2.79. The number of nitrogens with one attached hydrogen (secondary N) is 2. The standard InChI is InChI=1S/C19H27F4N3O2/c1-24-26-16(25-17(27)28-14-10-19(22,23)11-14)15(13-3-2-4-13)9-12-5-7-18(20,21)8-6-12/h9,12-14,24H,2-8,10-11H2,1H3,(H,25,26,27)/b15-9+. The van der Waals surface area contributed by atoms with Crippen LogP contribution in [0.1, 0.15) is 57.8 Å². The van der Waals surface area contributed by atoms with Crippen LogP contribution < -0.4 is 10.7 Å². The van der Waals surface area contributed by atoms with Gasteiger partial charge < -0.3 is 10.2 Å². The van der Waals surface area contributed by atoms with E-state index in [2.05, 4.69) is 15.8 Å². The number of carbonyl (C=O) groups excluding carboxylic acids is 1. The van der Waals surface area contributed by atoms with E-state index in [0.717, 1.165) is 24.8 Å². The molecular weight excluding hydrogens is 378 g/mol. The van der Waals surface area contributed by atoms with Crippen LogP contribution in [-0.2, 0) is 4.74 Å². The third-order valence-electron chi connectivity index (χ3n) is 5.77. The lowest BCUT2D eigenvalue weighted by atomic mass is 9.76. The maximum Gasteiger partial charge on any atom is 0.413 e. The maximum atomic E-state index is 13.4. The highest BCUT2D eigenvalue weighted by Crippen LogP contribution is 2.41. The van der Waals surface area contributed by atoms with Crippen LogP contribution in [0.25, 0.3) is 0 Å². The number of halogens is 4. The molecule has 0 radical (unpaired) electrons. The Kier molecular flexibility index (Phi) is 6.19. The summed E-state index contributed by atoms with van der Waals surface area (Å²) >= 11 is 0. The molecule has 0 aromatic rings. The lowest BCUT2D eigenvalue weighted by Gasteiger charge is -2.34. The molecule has 3 rings (SSSR count). The predicted molar refractivity (Wildman–Crippen MR) is 96.4 cm³/mol. The van der Waals surface area contributed by atoms with E-state index < -0.39 is 36.9 Å². The molecule has 3 saturated carbocycles. The van der Waals surface area contributed by atoms with Gasteiger partial charge in [0.1, 0.15) is 6.10 Å². The van der Waals surface area contributed by atoms with Gasteiger partial charge >= 0.3 is 6.09 Å². The zero-order chi connectivity index (χ0) is 20.4. The zero-order valence-electron chi connectivity index (χ0n) is 15.9. The van der Waals surface area contributed by atoms with E-state index in [9.17, 15) is 22.4 Å². The van der Waals surface area contributed by atoms with Crippen molar-refractivity contribution >= 4 is 11.9 Å². The van der Waals surface area contributed by atoms with Gasteiger partial charge in [-0.05, 0) is 43.1 Å². The van der Waals surface area contributed by atoms with Gasteiger partial charge in [0, 0.05) is 32.7 Å². The molecule has 3 fully saturated rings. The van der Waals surface area contributed by atoms with E-state index in [1.54, 1.807) is 7.05 Å². The van der Waals surface area contributed by atoms with Gasteiger partial charge in [-0.15, -0.1) is 0 Å². The number of hydrazone groups is 1. The van der Waals surface area contributed by atoms with E-state index in [-0.39, 0.29) is 30.5 Å². The quantitative estimate of drug-likeness (QED) is 0.304. The second kappa shape index (κ2) is 8.29. The highest BCUT2D eigenvalue weighted by Gasteiger charge is 2.47. The van der Waals surface area contributed by atoms with Crippen LogP contribution in [0.2, 0.25) is 0 Å². The molecule has 2 N–H and O–H groups in total. The number of amidine groups is 1. The van der Waals surface area contributed by atoms with Crippen LogP contribution in [0.4, 0.5) is 22.4 Å². The first-order valence-corrected chi connectivity index (χ1v) is 9.87. The van der Waals surface area contributed by atoms with Gasteiger partial charge in [0.15, 0.2) is 5.84 Å². The Morgan fingerprint density at radius 3 is 2.21 bits per heavy atom. The summed E-state index contributed by atoms with van der Waals surface area (Å²) in [5, 5.41) is 6.70. The van der Waals surface area contributed by atoms with Crippen molar-refractivity contribution in [3.8, 4) is 0 Å². The van der Waals surface area contributed by atoms with E-state index in [1.807, 2.05) is 6.08 Å². The third-order valence-corrected chi connectivity index (χ3v) is 5.77. The number of rotatable bonds is 5. The van der Waals surface area contributed by atoms with Gasteiger partial charge in [0.25, 0.3) is 5.92 Å². The Hall–Kier alpha value is -1.80. The number of hydrogen-bond donors (Lipinski definition) is 2. The highest BCUT2D eigenvalue weighted by atomic mass is 19.3. The first-order valence-electron chi connectivity index (χ1n) is 9.87. The van der Waals surface area contributed by atoms with Crippen molar-refractivity contribution < 1.29 is 27.1 Å². The van der Waals surface area contributed by atoms with Gasteiger partial charge in [-0.3, -0.25) is 5.32 Å². The summed E-state index contributed by atoms with van der Waals surface area (Å²) in [5.41, 5.74) is 3.45. The van der Waals surface area contributed by atoms with Gasteiger partial charge in [0.05, 0.1) is 0 Å². The van der Waals surface area contributed by atoms with Gasteiger partial charge in [0.2, 0.25) is 5.92 Å². The largest absolute Gasteiger partial charge is 0.445 e. The molecule has 3 aliphatic rings. The number of alkyl halides is 4. The molecule has 0 bridgehead atoms. The van der Waals surface area contributed by atoms with E-state index in [0.29, 0.717) is 12.8 Å². The predicted octanol–water partition coefficient (Wildman–Crippen LogP) is 4.60. The molecular formula is C19H27F4N3O2. The first kappa shape index (κ1) is 20.9. The molecule has 5 nitrogen and oxygen atoms in total. The van der Waals surface area contributed by atoms with Crippen molar-refractivity contribution in [2.75, 3.05) is 7.05 Å². The van der Waals surface area contributed by atoms with Crippen molar-refractivity contribution in [3.05, 3.63) is 11.6 Å². The minimum atomic E-state index is -2.77. The Bertz CT molecular complexity index is 629. The smallest absolute Gasteiger partial charge is 0.413 e. The number of carbonyl (C=O) groups is 1. The third kappa shape index (κ3) is 5.38. The number of nitrogens with zero attached hydrogens (tertiary/aromatic N) is 1. The number of ether oxygens (including phenoxy) is 1. The SMILES string of the molecule is CN/N=C(NC(=O)OC1CC(F)(F)C1)\C(=C\C1CCC(F)(F)CC1)C1CCC1. The Balaban J connectivity index is 1.66. The van der Waals surface area contributed by atoms with Crippen LogP contribution in [0.5, 0.6) is 0 Å². The molecule has 9 heteroatoms. The summed E-state index contributed by atoms with van der Waals surface area (Å²) in [7, 11) is 1.58. The van der Waals surface area contributed by atoms with Gasteiger partial charge in [-0.2, -0.15) is 5.10 Å². The summed E-state index contributed by atoms with van der Waals surface area (Å²) in [5.74, 6) is -4.90. The molecule has 0 spiro atoms. The van der Waals surface area contributed by atoms with Crippen molar-refractivity contribution in [2.45, 2.75) is 75.7 Å². The summed E-state index contributed by atoms with van der Waals surface area (Å²) < 4.78 is 57.7. The van der Waals surface area contributed by atoms with Crippen LogP contribution >= 0.6 is 0 Å². The summed E-state index contributed by atoms with van der Waals surface area (Å²) in [6, 6.07) is 0. The Morgan fingerprint density at radius 1 is 1.07 bits per heavy atom. The average Bonchev–Trinajstić information content (AvgIpc) is 2.52. The molecule has 0 aromatic carbocycles. The van der Waals surface area contributed by atoms with Crippen LogP contribution in [0, 0.1) is 11.8 Å². The molecule has 3 aliphatic carbocycles. The second-order valence-corrected chi connectivity index (χ2v) is 8.04. The average molecular weight is 405 g/mol. The molecule has 0 atom stereocenters. The normalized spacial score (nSPS) is 26.2. The van der Waals surface area contributed by atoms with Gasteiger partial charge in [-0.1, -0.05) is 12.5 Å². The second-order valence-electron chi connectivity index (χ2n) is 8.04. The molecule has 28 heavy (non-hydrogen) atoms. The molecule has 1 amide bonds. The van der Waals surface area contributed by atoms with Crippen LogP contribution in [-0.4, -0.2) is 36.9 Å². The Labute approximate surface area is 162 Å². The van der Waals surface area contributed by atoms with Crippen LogP contribution in [0.15, 0.2) is 16.8 Å². The lowest BCUT2D eigenvalue weighted by molar-refractivity contribution is -0.144. The molecule has 0 unspecified atom stereocenters. The zero-order valence-corrected chi connectivity index (χ0v) is 15.9. The van der Waals surface area contributed by atoms with Crippen LogP contribution in [0.3, 0.4) is 0 Å². The fourth-order valence-electron chi connectivity index (χ4n) is 3.85. The van der Waals surface area contributed by atoms with Crippen molar-refractivity contribution in [1.82, 2.24) is 10.7 Å². The topological polar surface area (TPSA) is 62.7 Å². The summed E-state index contributed by atoms with van der Waals surface area (Å²) in [6.45, 7) is 0. The molecule has 0 heterocycles. The van der Waals surface area contributed by atoms with Crippen molar-refractivity contribution in [2.24, 2.45) is 16.9 Å². The van der Waals surface area contributed by atoms with Gasteiger partial charge in [-0.25, -0.2) is 22.4 Å². The van der Waals surface area contributed by atoms with Crippen molar-refractivity contribution in [3.63, 3.8) is 0 Å². The summed E-state index contributed by atoms with van der Waals surface area (Å²) in [4.78, 5) is 12.1. The number of allylic oxidation sites excluding steroid dienone is 1. The van der Waals surface area contributed by atoms with E-state index in [4.69, 9.17) is 4.74 Å². The number of amides is 1. The van der Waals surface area contributed by atoms with Crippen molar-refractivity contribution in [1.29, 1.82) is 0 Å². The molecule has 158 valence electrons. The minimum absolute atomic E-state index is 0.000394. The number of alkyl carbamates (subject to hydrolysis) is 1. The maximum absolute atomic E-state index is 13.4. The molecule has 0 aromatic heterocycles. The first-order chi connectivity index (χ1) is 13.2. The fourth-order valence-corrected chi connectivity index (χ4v) is 3.85. The molecule has 0 aliphatic heterocycles. The Morgan fingerprint density at radius 2 is 1.71 bits per heavy atom. The van der Waals surface area contributed by atoms with E-state index >= 15 is 0 Å². The monoisotopic (exact) mass is 405 g/mol. The molecule has 0 saturated heterocycles. The minimum Gasteiger partial charge on any atom is -0.445 e. The highest BCUT2D eigenvalue weighted by molar-refractivity contribution is 6.06.